The minimum absolute atomic E-state index is 0.0475. The molecule has 2 amide bonds. The first-order valence-electron chi connectivity index (χ1n) is 8.43. The molecule has 0 saturated carbocycles. The second kappa shape index (κ2) is 7.51. The highest BCUT2D eigenvalue weighted by Gasteiger charge is 2.42. The molecule has 1 aromatic heterocycles. The molecule has 1 fully saturated rings. The standard InChI is InChI=1S/C17H18N6O3S/c1-10-7-13(22-26-10)19-14(24)9-27-17-20-15-12(8-18-21-15)16(25)23(17)11-5-3-2-4-6-11/h2-7,12,15,18,21H,8-9H2,1H3,(H,19,22,24). The predicted molar refractivity (Wildman–Crippen MR) is 102 cm³/mol. The van der Waals surface area contributed by atoms with E-state index >= 15 is 0 Å². The van der Waals surface area contributed by atoms with E-state index in [1.165, 1.54) is 11.8 Å². The van der Waals surface area contributed by atoms with Crippen molar-refractivity contribution in [1.29, 1.82) is 0 Å². The third-order valence-electron chi connectivity index (χ3n) is 4.17. The summed E-state index contributed by atoms with van der Waals surface area (Å²) in [4.78, 5) is 31.4. The molecule has 0 radical (unpaired) electrons. The molecule has 2 aromatic rings. The number of amidine groups is 1. The third-order valence-corrected chi connectivity index (χ3v) is 5.13. The van der Waals surface area contributed by atoms with Gasteiger partial charge in [0.15, 0.2) is 11.0 Å². The Bertz CT molecular complexity index is 884. The van der Waals surface area contributed by atoms with Crippen LogP contribution in [0.5, 0.6) is 0 Å². The van der Waals surface area contributed by atoms with Crippen LogP contribution < -0.4 is 21.1 Å². The minimum Gasteiger partial charge on any atom is -0.360 e. The van der Waals surface area contributed by atoms with Crippen LogP contribution in [0.15, 0.2) is 45.9 Å². The number of aromatic nitrogens is 1. The molecule has 2 unspecified atom stereocenters. The van der Waals surface area contributed by atoms with Crippen LogP contribution in [0.1, 0.15) is 5.76 Å². The molecule has 0 spiro atoms. The van der Waals surface area contributed by atoms with Gasteiger partial charge < -0.3 is 9.84 Å². The van der Waals surface area contributed by atoms with E-state index in [1.807, 2.05) is 30.3 Å². The lowest BCUT2D eigenvalue weighted by atomic mass is 10.1. The first-order chi connectivity index (χ1) is 13.1. The smallest absolute Gasteiger partial charge is 0.241 e. The molecule has 10 heteroatoms. The van der Waals surface area contributed by atoms with Crippen LogP contribution in [0.2, 0.25) is 0 Å². The molecule has 9 nitrogen and oxygen atoms in total. The number of anilines is 2. The molecular weight excluding hydrogens is 368 g/mol. The average molecular weight is 386 g/mol. The summed E-state index contributed by atoms with van der Waals surface area (Å²) in [5, 5.41) is 6.88. The van der Waals surface area contributed by atoms with Crippen LogP contribution in [0.3, 0.4) is 0 Å². The fourth-order valence-corrected chi connectivity index (χ4v) is 3.76. The van der Waals surface area contributed by atoms with Crippen LogP contribution in [-0.2, 0) is 9.59 Å². The van der Waals surface area contributed by atoms with Gasteiger partial charge in [-0.3, -0.25) is 19.9 Å². The number of nitrogens with zero attached hydrogens (tertiary/aromatic N) is 3. The number of para-hydroxylation sites is 1. The first kappa shape index (κ1) is 17.7. The van der Waals surface area contributed by atoms with Crippen molar-refractivity contribution in [2.45, 2.75) is 13.1 Å². The van der Waals surface area contributed by atoms with Gasteiger partial charge in [-0.05, 0) is 19.1 Å². The second-order valence-corrected chi connectivity index (χ2v) is 7.10. The van der Waals surface area contributed by atoms with Gasteiger partial charge in [-0.25, -0.2) is 10.4 Å². The van der Waals surface area contributed by atoms with E-state index in [4.69, 9.17) is 4.52 Å². The van der Waals surface area contributed by atoms with E-state index in [0.717, 1.165) is 5.69 Å². The zero-order valence-corrected chi connectivity index (χ0v) is 15.3. The first-order valence-corrected chi connectivity index (χ1v) is 9.41. The minimum atomic E-state index is -0.332. The van der Waals surface area contributed by atoms with Crippen LogP contribution in [0, 0.1) is 12.8 Å². The molecule has 3 heterocycles. The maximum absolute atomic E-state index is 13.0. The number of fused-ring (bicyclic) bond motifs is 1. The number of carbonyl (C=O) groups excluding carboxylic acids is 2. The summed E-state index contributed by atoms with van der Waals surface area (Å²) in [7, 11) is 0. The lowest BCUT2D eigenvalue weighted by Crippen LogP contribution is -2.49. The van der Waals surface area contributed by atoms with Gasteiger partial charge >= 0.3 is 0 Å². The number of rotatable bonds is 4. The Kier molecular flexibility index (Phi) is 4.92. The number of thioether (sulfide) groups is 1. The number of nitrogens with one attached hydrogen (secondary N) is 3. The van der Waals surface area contributed by atoms with Crippen molar-refractivity contribution in [1.82, 2.24) is 16.0 Å². The summed E-state index contributed by atoms with van der Waals surface area (Å²) in [6, 6.07) is 10.9. The van der Waals surface area contributed by atoms with Gasteiger partial charge in [-0.15, -0.1) is 0 Å². The van der Waals surface area contributed by atoms with Crippen molar-refractivity contribution in [3.63, 3.8) is 0 Å². The Morgan fingerprint density at radius 1 is 1.41 bits per heavy atom. The molecule has 0 bridgehead atoms. The monoisotopic (exact) mass is 386 g/mol. The normalized spacial score (nSPS) is 21.7. The molecule has 1 saturated heterocycles. The van der Waals surface area contributed by atoms with Gasteiger partial charge in [0.25, 0.3) is 0 Å². The Morgan fingerprint density at radius 3 is 2.96 bits per heavy atom. The van der Waals surface area contributed by atoms with Crippen LogP contribution in [-0.4, -0.2) is 40.6 Å². The van der Waals surface area contributed by atoms with Crippen molar-refractivity contribution in [3.8, 4) is 0 Å². The summed E-state index contributed by atoms with van der Waals surface area (Å²) in [6.07, 6.45) is -0.332. The topological polar surface area (TPSA) is 112 Å². The maximum Gasteiger partial charge on any atom is 0.241 e. The molecule has 140 valence electrons. The number of aliphatic imine (C=N–C) groups is 1. The zero-order chi connectivity index (χ0) is 18.8. The van der Waals surface area contributed by atoms with Crippen LogP contribution in [0.25, 0.3) is 0 Å². The Labute approximate surface area is 159 Å². The molecule has 1 aromatic carbocycles. The maximum atomic E-state index is 13.0. The van der Waals surface area contributed by atoms with Gasteiger partial charge in [0, 0.05) is 12.6 Å². The summed E-state index contributed by atoms with van der Waals surface area (Å²) < 4.78 is 4.93. The number of hydrazine groups is 1. The van der Waals surface area contributed by atoms with Gasteiger partial charge in [-0.2, -0.15) is 0 Å². The quantitative estimate of drug-likeness (QED) is 0.722. The molecule has 0 aliphatic carbocycles. The summed E-state index contributed by atoms with van der Waals surface area (Å²) in [5.74, 6) is 0.487. The Morgan fingerprint density at radius 2 is 2.22 bits per heavy atom. The van der Waals surface area contributed by atoms with E-state index in [2.05, 4.69) is 26.3 Å². The van der Waals surface area contributed by atoms with Crippen LogP contribution >= 0.6 is 11.8 Å². The van der Waals surface area contributed by atoms with E-state index in [0.29, 0.717) is 23.3 Å². The van der Waals surface area contributed by atoms with E-state index < -0.39 is 0 Å². The molecular formula is C17H18N6O3S. The van der Waals surface area contributed by atoms with E-state index in [1.54, 1.807) is 17.9 Å². The summed E-state index contributed by atoms with van der Waals surface area (Å²) in [5.41, 5.74) is 6.70. The van der Waals surface area contributed by atoms with Gasteiger partial charge in [0.05, 0.1) is 17.4 Å². The highest BCUT2D eigenvalue weighted by atomic mass is 32.2. The molecule has 2 aliphatic heterocycles. The number of carbonyl (C=O) groups is 2. The van der Waals surface area contributed by atoms with Crippen molar-refractivity contribution in [3.05, 3.63) is 42.2 Å². The highest BCUT2D eigenvalue weighted by Crippen LogP contribution is 2.29. The van der Waals surface area contributed by atoms with Gasteiger partial charge in [-0.1, -0.05) is 35.1 Å². The number of hydrogen-bond donors (Lipinski definition) is 3. The zero-order valence-electron chi connectivity index (χ0n) is 14.5. The number of aryl methyl sites for hydroxylation is 1. The van der Waals surface area contributed by atoms with Gasteiger partial charge in [0.1, 0.15) is 11.9 Å². The van der Waals surface area contributed by atoms with Crippen molar-refractivity contribution >= 4 is 40.2 Å². The van der Waals surface area contributed by atoms with Crippen molar-refractivity contribution in [2.75, 3.05) is 22.5 Å². The van der Waals surface area contributed by atoms with E-state index in [-0.39, 0.29) is 29.7 Å². The molecule has 27 heavy (non-hydrogen) atoms. The molecule has 2 atom stereocenters. The van der Waals surface area contributed by atoms with Crippen molar-refractivity contribution < 1.29 is 14.1 Å². The Hall–Kier alpha value is -2.69. The number of hydrogen-bond acceptors (Lipinski definition) is 8. The van der Waals surface area contributed by atoms with Crippen LogP contribution in [0.4, 0.5) is 11.5 Å². The lowest BCUT2D eigenvalue weighted by molar-refractivity contribution is -0.121. The highest BCUT2D eigenvalue weighted by molar-refractivity contribution is 8.14. The summed E-state index contributed by atoms with van der Waals surface area (Å²) >= 11 is 1.20. The van der Waals surface area contributed by atoms with Crippen molar-refractivity contribution in [2.24, 2.45) is 10.9 Å². The Balaban J connectivity index is 1.51. The third kappa shape index (κ3) is 3.72. The molecule has 4 rings (SSSR count). The second-order valence-electron chi connectivity index (χ2n) is 6.16. The van der Waals surface area contributed by atoms with Gasteiger partial charge in [0.2, 0.25) is 11.8 Å². The SMILES string of the molecule is Cc1cc(NC(=O)CSC2=NC3NNCC3C(=O)N2c2ccccc2)no1. The lowest BCUT2D eigenvalue weighted by Gasteiger charge is -2.32. The largest absolute Gasteiger partial charge is 0.360 e. The molecule has 2 aliphatic rings. The average Bonchev–Trinajstić information content (AvgIpc) is 3.30. The number of benzene rings is 1. The molecule has 3 N–H and O–H groups in total. The fourth-order valence-electron chi connectivity index (χ4n) is 2.92. The van der Waals surface area contributed by atoms with E-state index in [9.17, 15) is 9.59 Å². The predicted octanol–water partition coefficient (Wildman–Crippen LogP) is 1.11. The number of amides is 2. The fraction of sp³-hybridized carbons (Fsp3) is 0.294. The summed E-state index contributed by atoms with van der Waals surface area (Å²) in [6.45, 7) is 2.26.